The van der Waals surface area contributed by atoms with E-state index in [4.69, 9.17) is 4.74 Å². The molecule has 0 atom stereocenters. The summed E-state index contributed by atoms with van der Waals surface area (Å²) in [7, 11) is 3.93. The summed E-state index contributed by atoms with van der Waals surface area (Å²) in [5.41, 5.74) is 1.58. The summed E-state index contributed by atoms with van der Waals surface area (Å²) in [5.74, 6) is 0.800. The largest absolute Gasteiger partial charge is 0.505 e. The third-order valence-electron chi connectivity index (χ3n) is 3.52. The zero-order valence-corrected chi connectivity index (χ0v) is 13.9. The van der Waals surface area contributed by atoms with Gasteiger partial charge in [0.25, 0.3) is 0 Å². The number of hydrogen-bond acceptors (Lipinski definition) is 5. The molecule has 0 fully saturated rings. The maximum absolute atomic E-state index is 13.1. The first-order valence-electron chi connectivity index (χ1n) is 7.68. The van der Waals surface area contributed by atoms with Gasteiger partial charge in [0.2, 0.25) is 0 Å². The molecule has 0 aliphatic rings. The van der Waals surface area contributed by atoms with Crippen molar-refractivity contribution in [1.82, 2.24) is 4.98 Å². The van der Waals surface area contributed by atoms with E-state index in [1.807, 2.05) is 43.3 Å². The van der Waals surface area contributed by atoms with E-state index >= 15 is 0 Å². The number of ether oxygens (including phenoxy) is 1. The minimum absolute atomic E-state index is 0.411. The van der Waals surface area contributed by atoms with Crippen LogP contribution in [0, 0.1) is 5.82 Å². The number of aromatic nitrogens is 1. The van der Waals surface area contributed by atoms with Crippen LogP contribution in [0.4, 0.5) is 21.6 Å². The molecule has 1 heterocycles. The lowest BCUT2D eigenvalue weighted by Crippen LogP contribution is -2.08. The molecule has 0 amide bonds. The number of anilines is 3. The Labute approximate surface area is 145 Å². The summed E-state index contributed by atoms with van der Waals surface area (Å²) < 4.78 is 18.9. The lowest BCUT2D eigenvalue weighted by molar-refractivity contribution is 0.433. The van der Waals surface area contributed by atoms with Crippen LogP contribution in [-0.4, -0.2) is 24.2 Å². The smallest absolute Gasteiger partial charge is 0.164 e. The molecule has 0 saturated heterocycles. The Balaban J connectivity index is 1.69. The van der Waals surface area contributed by atoms with Gasteiger partial charge in [-0.25, -0.2) is 9.37 Å². The second kappa shape index (κ2) is 7.09. The lowest BCUT2D eigenvalue weighted by atomic mass is 10.3. The number of aromatic hydroxyl groups is 1. The van der Waals surface area contributed by atoms with Crippen molar-refractivity contribution in [3.8, 4) is 17.2 Å². The van der Waals surface area contributed by atoms with Crippen LogP contribution in [0.25, 0.3) is 0 Å². The molecule has 3 rings (SSSR count). The molecule has 0 aliphatic heterocycles. The summed E-state index contributed by atoms with van der Waals surface area (Å²) in [4.78, 5) is 6.25. The highest BCUT2D eigenvalue weighted by Crippen LogP contribution is 2.27. The van der Waals surface area contributed by atoms with Crippen LogP contribution in [0.5, 0.6) is 17.2 Å². The van der Waals surface area contributed by atoms with Gasteiger partial charge in [0.15, 0.2) is 11.6 Å². The Morgan fingerprint density at radius 3 is 2.56 bits per heavy atom. The van der Waals surface area contributed by atoms with Gasteiger partial charge < -0.3 is 20.1 Å². The average Bonchev–Trinajstić information content (AvgIpc) is 2.60. The van der Waals surface area contributed by atoms with E-state index in [2.05, 4.69) is 10.3 Å². The highest BCUT2D eigenvalue weighted by Gasteiger charge is 2.04. The maximum Gasteiger partial charge on any atom is 0.164 e. The molecular formula is C19H18FN3O2. The Kier molecular flexibility index (Phi) is 4.70. The van der Waals surface area contributed by atoms with Gasteiger partial charge in [0.1, 0.15) is 17.3 Å². The van der Waals surface area contributed by atoms with Gasteiger partial charge in [-0.15, -0.1) is 0 Å². The number of rotatable bonds is 5. The van der Waals surface area contributed by atoms with E-state index in [0.717, 1.165) is 11.4 Å². The summed E-state index contributed by atoms with van der Waals surface area (Å²) in [6.45, 7) is 0. The molecule has 0 radical (unpaired) electrons. The van der Waals surface area contributed by atoms with Gasteiger partial charge in [0.05, 0.1) is 6.20 Å². The standard InChI is InChI=1S/C19H18FN3O2/c1-23(2)14-4-3-5-15(11-14)25-16-7-9-19(21-12-16)22-13-6-8-17(20)18(24)10-13/h3-12,24H,1-2H3,(H,21,22). The van der Waals surface area contributed by atoms with Crippen molar-refractivity contribution in [3.63, 3.8) is 0 Å². The van der Waals surface area contributed by atoms with E-state index in [0.29, 0.717) is 17.3 Å². The van der Waals surface area contributed by atoms with Gasteiger partial charge in [-0.2, -0.15) is 0 Å². The summed E-state index contributed by atoms with van der Waals surface area (Å²) >= 11 is 0. The number of benzene rings is 2. The first-order valence-corrected chi connectivity index (χ1v) is 7.68. The quantitative estimate of drug-likeness (QED) is 0.715. The summed E-state index contributed by atoms with van der Waals surface area (Å²) in [6, 6.07) is 15.3. The Bertz CT molecular complexity index is 867. The van der Waals surface area contributed by atoms with Crippen molar-refractivity contribution < 1.29 is 14.2 Å². The molecule has 2 aromatic carbocycles. The van der Waals surface area contributed by atoms with Crippen LogP contribution in [0.1, 0.15) is 0 Å². The summed E-state index contributed by atoms with van der Waals surface area (Å²) in [6.07, 6.45) is 1.59. The highest BCUT2D eigenvalue weighted by atomic mass is 19.1. The van der Waals surface area contributed by atoms with Gasteiger partial charge in [-0.1, -0.05) is 6.07 Å². The number of nitrogens with one attached hydrogen (secondary N) is 1. The normalized spacial score (nSPS) is 10.4. The van der Waals surface area contributed by atoms with Crippen LogP contribution in [0.3, 0.4) is 0 Å². The maximum atomic E-state index is 13.1. The molecule has 0 saturated carbocycles. The predicted octanol–water partition coefficient (Wildman–Crippen LogP) is 4.53. The van der Waals surface area contributed by atoms with E-state index in [9.17, 15) is 9.50 Å². The molecule has 3 aromatic rings. The van der Waals surface area contributed by atoms with Crippen molar-refractivity contribution >= 4 is 17.2 Å². The second-order valence-electron chi connectivity index (χ2n) is 5.66. The summed E-state index contributed by atoms with van der Waals surface area (Å²) in [5, 5.41) is 12.4. The van der Waals surface area contributed by atoms with E-state index in [-0.39, 0.29) is 0 Å². The molecule has 0 unspecified atom stereocenters. The average molecular weight is 339 g/mol. The van der Waals surface area contributed by atoms with E-state index in [1.54, 1.807) is 18.3 Å². The van der Waals surface area contributed by atoms with E-state index < -0.39 is 11.6 Å². The molecule has 6 heteroatoms. The third kappa shape index (κ3) is 4.17. The first-order chi connectivity index (χ1) is 12.0. The van der Waals surface area contributed by atoms with Crippen molar-refractivity contribution in [3.05, 3.63) is 66.6 Å². The molecule has 128 valence electrons. The van der Waals surface area contributed by atoms with Crippen molar-refractivity contribution in [2.24, 2.45) is 0 Å². The number of pyridine rings is 1. The van der Waals surface area contributed by atoms with Crippen LogP contribution < -0.4 is 15.0 Å². The fourth-order valence-corrected chi connectivity index (χ4v) is 2.21. The van der Waals surface area contributed by atoms with Crippen molar-refractivity contribution in [2.45, 2.75) is 0 Å². The molecule has 25 heavy (non-hydrogen) atoms. The minimum Gasteiger partial charge on any atom is -0.505 e. The number of hydrogen-bond donors (Lipinski definition) is 2. The Morgan fingerprint density at radius 1 is 1.04 bits per heavy atom. The van der Waals surface area contributed by atoms with Gasteiger partial charge in [0, 0.05) is 37.6 Å². The number of nitrogens with zero attached hydrogens (tertiary/aromatic N) is 2. The van der Waals surface area contributed by atoms with Crippen LogP contribution >= 0.6 is 0 Å². The predicted molar refractivity (Wildman–Crippen MR) is 96.4 cm³/mol. The molecule has 1 aromatic heterocycles. The fourth-order valence-electron chi connectivity index (χ4n) is 2.21. The SMILES string of the molecule is CN(C)c1cccc(Oc2ccc(Nc3ccc(F)c(O)c3)nc2)c1. The Hall–Kier alpha value is -3.28. The highest BCUT2D eigenvalue weighted by molar-refractivity contribution is 5.58. The zero-order valence-electron chi connectivity index (χ0n) is 13.9. The van der Waals surface area contributed by atoms with Gasteiger partial charge >= 0.3 is 0 Å². The van der Waals surface area contributed by atoms with Crippen LogP contribution in [-0.2, 0) is 0 Å². The molecular weight excluding hydrogens is 321 g/mol. The molecule has 2 N–H and O–H groups in total. The van der Waals surface area contributed by atoms with Crippen LogP contribution in [0.15, 0.2) is 60.8 Å². The molecule has 0 bridgehead atoms. The third-order valence-corrected chi connectivity index (χ3v) is 3.52. The first kappa shape index (κ1) is 16.6. The minimum atomic E-state index is -0.665. The van der Waals surface area contributed by atoms with Gasteiger partial charge in [-0.05, 0) is 36.4 Å². The van der Waals surface area contributed by atoms with Crippen molar-refractivity contribution in [2.75, 3.05) is 24.3 Å². The topological polar surface area (TPSA) is 57.6 Å². The number of halogens is 1. The van der Waals surface area contributed by atoms with Gasteiger partial charge in [-0.3, -0.25) is 0 Å². The van der Waals surface area contributed by atoms with Crippen LogP contribution in [0.2, 0.25) is 0 Å². The molecule has 5 nitrogen and oxygen atoms in total. The zero-order chi connectivity index (χ0) is 17.8. The monoisotopic (exact) mass is 339 g/mol. The fraction of sp³-hybridized carbons (Fsp3) is 0.105. The van der Waals surface area contributed by atoms with E-state index in [1.165, 1.54) is 18.2 Å². The number of phenols is 1. The number of phenolic OH excluding ortho intramolecular Hbond substituents is 1. The van der Waals surface area contributed by atoms with Crippen molar-refractivity contribution in [1.29, 1.82) is 0 Å². The lowest BCUT2D eigenvalue weighted by Gasteiger charge is -2.14. The molecule has 0 aliphatic carbocycles. The Morgan fingerprint density at radius 2 is 1.88 bits per heavy atom. The molecule has 0 spiro atoms. The second-order valence-corrected chi connectivity index (χ2v) is 5.66.